The first-order valence-corrected chi connectivity index (χ1v) is 5.30. The first-order valence-electron chi connectivity index (χ1n) is 5.30. The molecule has 0 saturated heterocycles. The molecular weight excluding hydrogens is 172 g/mol. The van der Waals surface area contributed by atoms with Crippen LogP contribution >= 0.6 is 0 Å². The standard InChI is InChI=1S/C12H18N2/c1-12(2,3)14-10-7-9-5-4-6-11(9)13-8-10/h7-8,14H,4-6H2,1-3H3. The van der Waals surface area contributed by atoms with Gasteiger partial charge in [0.25, 0.3) is 0 Å². The van der Waals surface area contributed by atoms with Crippen LogP contribution in [0.25, 0.3) is 0 Å². The molecule has 1 N–H and O–H groups in total. The summed E-state index contributed by atoms with van der Waals surface area (Å²) in [5.41, 5.74) is 4.00. The van der Waals surface area contributed by atoms with Crippen molar-refractivity contribution in [2.75, 3.05) is 5.32 Å². The van der Waals surface area contributed by atoms with E-state index in [-0.39, 0.29) is 5.54 Å². The lowest BCUT2D eigenvalue weighted by molar-refractivity contribution is 0.633. The van der Waals surface area contributed by atoms with Crippen molar-refractivity contribution < 1.29 is 0 Å². The van der Waals surface area contributed by atoms with Gasteiger partial charge in [-0.3, -0.25) is 4.98 Å². The third-order valence-electron chi connectivity index (χ3n) is 2.44. The highest BCUT2D eigenvalue weighted by Crippen LogP contribution is 2.23. The maximum atomic E-state index is 4.48. The van der Waals surface area contributed by atoms with Crippen LogP contribution in [0.3, 0.4) is 0 Å². The van der Waals surface area contributed by atoms with E-state index < -0.39 is 0 Å². The molecule has 0 atom stereocenters. The lowest BCUT2D eigenvalue weighted by Crippen LogP contribution is -2.26. The van der Waals surface area contributed by atoms with Gasteiger partial charge in [-0.1, -0.05) is 0 Å². The summed E-state index contributed by atoms with van der Waals surface area (Å²) < 4.78 is 0. The molecule has 1 aliphatic rings. The number of aromatic nitrogens is 1. The second kappa shape index (κ2) is 3.26. The first-order chi connectivity index (χ1) is 6.54. The quantitative estimate of drug-likeness (QED) is 0.736. The van der Waals surface area contributed by atoms with E-state index in [1.807, 2.05) is 6.20 Å². The average Bonchev–Trinajstić information content (AvgIpc) is 2.47. The Hall–Kier alpha value is -1.05. The van der Waals surface area contributed by atoms with E-state index in [2.05, 4.69) is 37.1 Å². The largest absolute Gasteiger partial charge is 0.379 e. The zero-order valence-corrected chi connectivity index (χ0v) is 9.22. The van der Waals surface area contributed by atoms with Crippen LogP contribution in [0.1, 0.15) is 38.4 Å². The van der Waals surface area contributed by atoms with E-state index in [0.29, 0.717) is 0 Å². The molecule has 0 amide bonds. The Kier molecular flexibility index (Phi) is 2.22. The third-order valence-corrected chi connectivity index (χ3v) is 2.44. The van der Waals surface area contributed by atoms with Crippen molar-refractivity contribution in [1.82, 2.24) is 4.98 Å². The molecule has 0 aromatic carbocycles. The van der Waals surface area contributed by atoms with E-state index in [1.54, 1.807) is 0 Å². The summed E-state index contributed by atoms with van der Waals surface area (Å²) in [6, 6.07) is 2.25. The molecule has 0 radical (unpaired) electrons. The minimum absolute atomic E-state index is 0.120. The van der Waals surface area contributed by atoms with Crippen LogP contribution in [0.15, 0.2) is 12.3 Å². The van der Waals surface area contributed by atoms with Crippen LogP contribution < -0.4 is 5.32 Å². The molecular formula is C12H18N2. The summed E-state index contributed by atoms with van der Waals surface area (Å²) in [5, 5.41) is 3.45. The van der Waals surface area contributed by atoms with E-state index in [0.717, 1.165) is 12.1 Å². The van der Waals surface area contributed by atoms with Gasteiger partial charge in [0.2, 0.25) is 0 Å². The van der Waals surface area contributed by atoms with Gasteiger partial charge in [-0.25, -0.2) is 0 Å². The molecule has 1 heterocycles. The van der Waals surface area contributed by atoms with Crippen molar-refractivity contribution in [2.45, 2.75) is 45.6 Å². The second-order valence-electron chi connectivity index (χ2n) is 5.06. The Morgan fingerprint density at radius 1 is 1.29 bits per heavy atom. The van der Waals surface area contributed by atoms with Crippen molar-refractivity contribution in [3.8, 4) is 0 Å². The predicted octanol–water partition coefficient (Wildman–Crippen LogP) is 2.78. The van der Waals surface area contributed by atoms with E-state index >= 15 is 0 Å². The molecule has 14 heavy (non-hydrogen) atoms. The number of nitrogens with one attached hydrogen (secondary N) is 1. The molecule has 0 saturated carbocycles. The van der Waals surface area contributed by atoms with E-state index in [4.69, 9.17) is 0 Å². The highest BCUT2D eigenvalue weighted by Gasteiger charge is 2.14. The first kappa shape index (κ1) is 9.50. The normalized spacial score (nSPS) is 15.4. The number of nitrogens with zero attached hydrogens (tertiary/aromatic N) is 1. The fraction of sp³-hybridized carbons (Fsp3) is 0.583. The van der Waals surface area contributed by atoms with Gasteiger partial charge in [-0.15, -0.1) is 0 Å². The van der Waals surface area contributed by atoms with Gasteiger partial charge < -0.3 is 5.32 Å². The van der Waals surface area contributed by atoms with Crippen LogP contribution in [0, 0.1) is 0 Å². The summed E-state index contributed by atoms with van der Waals surface area (Å²) in [6.07, 6.45) is 5.57. The fourth-order valence-electron chi connectivity index (χ4n) is 1.93. The van der Waals surface area contributed by atoms with Crippen molar-refractivity contribution in [2.24, 2.45) is 0 Å². The van der Waals surface area contributed by atoms with Gasteiger partial charge in [0.15, 0.2) is 0 Å². The molecule has 1 aliphatic carbocycles. The molecule has 0 spiro atoms. The maximum absolute atomic E-state index is 4.48. The minimum Gasteiger partial charge on any atom is -0.379 e. The Balaban J connectivity index is 2.21. The summed E-state index contributed by atoms with van der Waals surface area (Å²) in [6.45, 7) is 6.50. The number of fused-ring (bicyclic) bond motifs is 1. The summed E-state index contributed by atoms with van der Waals surface area (Å²) in [5.74, 6) is 0. The van der Waals surface area contributed by atoms with Gasteiger partial charge in [-0.2, -0.15) is 0 Å². The molecule has 0 unspecified atom stereocenters. The van der Waals surface area contributed by atoms with Gasteiger partial charge >= 0.3 is 0 Å². The third kappa shape index (κ3) is 2.06. The number of aryl methyl sites for hydroxylation is 2. The van der Waals surface area contributed by atoms with Crippen molar-refractivity contribution in [3.63, 3.8) is 0 Å². The summed E-state index contributed by atoms with van der Waals surface area (Å²) in [4.78, 5) is 4.48. The smallest absolute Gasteiger partial charge is 0.0533 e. The zero-order chi connectivity index (χ0) is 10.2. The SMILES string of the molecule is CC(C)(C)Nc1cnc2c(c1)CCC2. The van der Waals surface area contributed by atoms with E-state index in [1.165, 1.54) is 24.1 Å². The Labute approximate surface area is 85.7 Å². The average molecular weight is 190 g/mol. The van der Waals surface area contributed by atoms with Crippen LogP contribution in [0.5, 0.6) is 0 Å². The Morgan fingerprint density at radius 2 is 2.07 bits per heavy atom. The molecule has 76 valence electrons. The molecule has 1 aromatic heterocycles. The van der Waals surface area contributed by atoms with Crippen molar-refractivity contribution in [3.05, 3.63) is 23.5 Å². The topological polar surface area (TPSA) is 24.9 Å². The van der Waals surface area contributed by atoms with Crippen LogP contribution in [-0.4, -0.2) is 10.5 Å². The summed E-state index contributed by atoms with van der Waals surface area (Å²) >= 11 is 0. The van der Waals surface area contributed by atoms with Gasteiger partial charge in [-0.05, 0) is 51.7 Å². The van der Waals surface area contributed by atoms with Gasteiger partial charge in [0.1, 0.15) is 0 Å². The summed E-state index contributed by atoms with van der Waals surface area (Å²) in [7, 11) is 0. The number of anilines is 1. The fourth-order valence-corrected chi connectivity index (χ4v) is 1.93. The number of rotatable bonds is 1. The lowest BCUT2D eigenvalue weighted by atomic mass is 10.1. The maximum Gasteiger partial charge on any atom is 0.0533 e. The molecule has 1 aromatic rings. The van der Waals surface area contributed by atoms with Crippen LogP contribution in [0.4, 0.5) is 5.69 Å². The molecule has 0 bridgehead atoms. The van der Waals surface area contributed by atoms with Crippen LogP contribution in [-0.2, 0) is 12.8 Å². The lowest BCUT2D eigenvalue weighted by Gasteiger charge is -2.22. The zero-order valence-electron chi connectivity index (χ0n) is 9.22. The Bertz CT molecular complexity index is 337. The number of pyridine rings is 1. The molecule has 2 rings (SSSR count). The van der Waals surface area contributed by atoms with Gasteiger partial charge in [0.05, 0.1) is 11.9 Å². The Morgan fingerprint density at radius 3 is 2.79 bits per heavy atom. The van der Waals surface area contributed by atoms with Gasteiger partial charge in [0, 0.05) is 11.2 Å². The number of hydrogen-bond acceptors (Lipinski definition) is 2. The second-order valence-corrected chi connectivity index (χ2v) is 5.06. The monoisotopic (exact) mass is 190 g/mol. The molecule has 0 aliphatic heterocycles. The van der Waals surface area contributed by atoms with E-state index in [9.17, 15) is 0 Å². The van der Waals surface area contributed by atoms with Crippen LogP contribution in [0.2, 0.25) is 0 Å². The minimum atomic E-state index is 0.120. The highest BCUT2D eigenvalue weighted by atomic mass is 15.0. The van der Waals surface area contributed by atoms with Crippen molar-refractivity contribution in [1.29, 1.82) is 0 Å². The molecule has 2 heteroatoms. The number of hydrogen-bond donors (Lipinski definition) is 1. The highest BCUT2D eigenvalue weighted by molar-refractivity contribution is 5.47. The predicted molar refractivity (Wildman–Crippen MR) is 59.6 cm³/mol. The molecule has 0 fully saturated rings. The van der Waals surface area contributed by atoms with Crippen molar-refractivity contribution >= 4 is 5.69 Å². The molecule has 2 nitrogen and oxygen atoms in total.